The van der Waals surface area contributed by atoms with Crippen LogP contribution in [0, 0.1) is 6.92 Å². The Hall–Kier alpha value is -1.91. The SMILES string of the molecule is Cc1ccc(CC(=O)N[C@H](C)C(=O)O)cn1. The van der Waals surface area contributed by atoms with E-state index in [1.165, 1.54) is 6.92 Å². The lowest BCUT2D eigenvalue weighted by molar-refractivity contribution is -0.141. The van der Waals surface area contributed by atoms with Crippen molar-refractivity contribution in [2.75, 3.05) is 0 Å². The number of hydrogen-bond acceptors (Lipinski definition) is 3. The van der Waals surface area contributed by atoms with Crippen LogP contribution in [0.1, 0.15) is 18.2 Å². The molecule has 0 aliphatic carbocycles. The van der Waals surface area contributed by atoms with Gasteiger partial charge in [-0.25, -0.2) is 0 Å². The first-order valence-electron chi connectivity index (χ1n) is 4.92. The van der Waals surface area contributed by atoms with Gasteiger partial charge in [-0.2, -0.15) is 0 Å². The number of amides is 1. The van der Waals surface area contributed by atoms with Crippen molar-refractivity contribution in [1.82, 2.24) is 10.3 Å². The molecule has 1 rings (SSSR count). The smallest absolute Gasteiger partial charge is 0.325 e. The summed E-state index contributed by atoms with van der Waals surface area (Å²) in [6.07, 6.45) is 1.76. The van der Waals surface area contributed by atoms with Crippen LogP contribution >= 0.6 is 0 Å². The van der Waals surface area contributed by atoms with Crippen molar-refractivity contribution in [2.45, 2.75) is 26.3 Å². The van der Waals surface area contributed by atoms with Crippen molar-refractivity contribution in [3.63, 3.8) is 0 Å². The third-order valence-electron chi connectivity index (χ3n) is 2.09. The second-order valence-electron chi connectivity index (χ2n) is 3.61. The average molecular weight is 222 g/mol. The lowest BCUT2D eigenvalue weighted by atomic mass is 10.2. The fraction of sp³-hybridized carbons (Fsp3) is 0.364. The van der Waals surface area contributed by atoms with E-state index in [0.29, 0.717) is 0 Å². The molecule has 1 atom stereocenters. The summed E-state index contributed by atoms with van der Waals surface area (Å²) in [6, 6.07) is 2.74. The number of carboxylic acid groups (broad SMARTS) is 1. The van der Waals surface area contributed by atoms with Gasteiger partial charge in [-0.3, -0.25) is 14.6 Å². The number of nitrogens with zero attached hydrogens (tertiary/aromatic N) is 1. The summed E-state index contributed by atoms with van der Waals surface area (Å²) in [6.45, 7) is 3.28. The highest BCUT2D eigenvalue weighted by atomic mass is 16.4. The van der Waals surface area contributed by atoms with Gasteiger partial charge in [0, 0.05) is 11.9 Å². The van der Waals surface area contributed by atoms with E-state index in [9.17, 15) is 9.59 Å². The van der Waals surface area contributed by atoms with Crippen LogP contribution in [0.3, 0.4) is 0 Å². The summed E-state index contributed by atoms with van der Waals surface area (Å²) in [5, 5.41) is 11.0. The van der Waals surface area contributed by atoms with Crippen molar-refractivity contribution in [3.05, 3.63) is 29.6 Å². The molecule has 0 radical (unpaired) electrons. The van der Waals surface area contributed by atoms with E-state index in [1.54, 1.807) is 12.3 Å². The number of carboxylic acids is 1. The Morgan fingerprint density at radius 1 is 1.50 bits per heavy atom. The molecule has 2 N–H and O–H groups in total. The minimum absolute atomic E-state index is 0.144. The van der Waals surface area contributed by atoms with Crippen LogP contribution in [-0.2, 0) is 16.0 Å². The Bertz CT molecular complexity index is 387. The Morgan fingerprint density at radius 2 is 2.19 bits per heavy atom. The summed E-state index contributed by atoms with van der Waals surface area (Å²) in [5.74, 6) is -1.36. The monoisotopic (exact) mass is 222 g/mol. The van der Waals surface area contributed by atoms with Gasteiger partial charge >= 0.3 is 5.97 Å². The predicted molar refractivity (Wildman–Crippen MR) is 57.9 cm³/mol. The molecule has 86 valence electrons. The van der Waals surface area contributed by atoms with Gasteiger partial charge in [0.05, 0.1) is 6.42 Å². The lowest BCUT2D eigenvalue weighted by Crippen LogP contribution is -2.39. The van der Waals surface area contributed by atoms with Gasteiger partial charge in [0.25, 0.3) is 0 Å². The highest BCUT2D eigenvalue weighted by Gasteiger charge is 2.13. The molecule has 1 aromatic rings. The average Bonchev–Trinajstić information content (AvgIpc) is 2.21. The van der Waals surface area contributed by atoms with Crippen LogP contribution < -0.4 is 5.32 Å². The molecule has 5 nitrogen and oxygen atoms in total. The largest absolute Gasteiger partial charge is 0.480 e. The van der Waals surface area contributed by atoms with Crippen LogP contribution in [0.5, 0.6) is 0 Å². The number of rotatable bonds is 4. The Balaban J connectivity index is 2.52. The van der Waals surface area contributed by atoms with Crippen LogP contribution in [0.2, 0.25) is 0 Å². The highest BCUT2D eigenvalue weighted by Crippen LogP contribution is 2.00. The quantitative estimate of drug-likeness (QED) is 0.778. The number of aliphatic carboxylic acids is 1. The number of carbonyl (C=O) groups excluding carboxylic acids is 1. The standard InChI is InChI=1S/C11H14N2O3/c1-7-3-4-9(6-12-7)5-10(14)13-8(2)11(15)16/h3-4,6,8H,5H2,1-2H3,(H,13,14)(H,15,16)/t8-/m1/s1. The molecule has 5 heteroatoms. The molecule has 0 unspecified atom stereocenters. The second-order valence-corrected chi connectivity index (χ2v) is 3.61. The zero-order valence-electron chi connectivity index (χ0n) is 9.23. The number of hydrogen-bond donors (Lipinski definition) is 2. The molecule has 1 aromatic heterocycles. The number of aryl methyl sites for hydroxylation is 1. The number of carbonyl (C=O) groups is 2. The van der Waals surface area contributed by atoms with Gasteiger partial charge in [0.1, 0.15) is 6.04 Å². The van der Waals surface area contributed by atoms with Crippen LogP contribution in [0.25, 0.3) is 0 Å². The van der Waals surface area contributed by atoms with E-state index in [1.807, 2.05) is 13.0 Å². The lowest BCUT2D eigenvalue weighted by Gasteiger charge is -2.08. The fourth-order valence-electron chi connectivity index (χ4n) is 1.14. The zero-order valence-corrected chi connectivity index (χ0v) is 9.23. The fourth-order valence-corrected chi connectivity index (χ4v) is 1.14. The first-order chi connectivity index (χ1) is 7.49. The molecule has 1 heterocycles. The van der Waals surface area contributed by atoms with Crippen molar-refractivity contribution in [3.8, 4) is 0 Å². The molecule has 0 bridgehead atoms. The topological polar surface area (TPSA) is 79.3 Å². The molecule has 0 aliphatic rings. The van der Waals surface area contributed by atoms with Crippen LogP contribution in [0.15, 0.2) is 18.3 Å². The number of aromatic nitrogens is 1. The highest BCUT2D eigenvalue weighted by molar-refractivity contribution is 5.84. The van der Waals surface area contributed by atoms with Crippen LogP contribution in [0.4, 0.5) is 0 Å². The van der Waals surface area contributed by atoms with E-state index in [-0.39, 0.29) is 12.3 Å². The van der Waals surface area contributed by atoms with Gasteiger partial charge in [0.2, 0.25) is 5.91 Å². The van der Waals surface area contributed by atoms with Gasteiger partial charge < -0.3 is 10.4 Å². The molecule has 0 aliphatic heterocycles. The van der Waals surface area contributed by atoms with E-state index in [4.69, 9.17) is 5.11 Å². The summed E-state index contributed by atoms with van der Waals surface area (Å²) in [4.78, 5) is 26.0. The Labute approximate surface area is 93.5 Å². The predicted octanol–water partition coefficient (Wildman–Crippen LogP) is 0.522. The number of pyridine rings is 1. The molecule has 0 spiro atoms. The van der Waals surface area contributed by atoms with E-state index < -0.39 is 12.0 Å². The third-order valence-corrected chi connectivity index (χ3v) is 2.09. The normalized spacial score (nSPS) is 11.9. The maximum Gasteiger partial charge on any atom is 0.325 e. The molecular weight excluding hydrogens is 208 g/mol. The molecular formula is C11H14N2O3. The Morgan fingerprint density at radius 3 is 2.69 bits per heavy atom. The maximum absolute atomic E-state index is 11.4. The maximum atomic E-state index is 11.4. The zero-order chi connectivity index (χ0) is 12.1. The van der Waals surface area contributed by atoms with Crippen molar-refractivity contribution in [2.24, 2.45) is 0 Å². The number of nitrogens with one attached hydrogen (secondary N) is 1. The van der Waals surface area contributed by atoms with Crippen molar-refractivity contribution in [1.29, 1.82) is 0 Å². The van der Waals surface area contributed by atoms with E-state index in [2.05, 4.69) is 10.3 Å². The van der Waals surface area contributed by atoms with E-state index in [0.717, 1.165) is 11.3 Å². The van der Waals surface area contributed by atoms with Crippen molar-refractivity contribution >= 4 is 11.9 Å². The molecule has 1 amide bonds. The van der Waals surface area contributed by atoms with Gasteiger partial charge in [-0.15, -0.1) is 0 Å². The van der Waals surface area contributed by atoms with Gasteiger partial charge in [-0.1, -0.05) is 6.07 Å². The van der Waals surface area contributed by atoms with Crippen molar-refractivity contribution < 1.29 is 14.7 Å². The first-order valence-corrected chi connectivity index (χ1v) is 4.92. The molecule has 16 heavy (non-hydrogen) atoms. The molecule has 0 saturated heterocycles. The minimum Gasteiger partial charge on any atom is -0.480 e. The van der Waals surface area contributed by atoms with E-state index >= 15 is 0 Å². The molecule has 0 fully saturated rings. The first kappa shape index (κ1) is 12.2. The summed E-state index contributed by atoms with van der Waals surface area (Å²) >= 11 is 0. The third kappa shape index (κ3) is 3.68. The van der Waals surface area contributed by atoms with Crippen LogP contribution in [-0.4, -0.2) is 28.0 Å². The summed E-state index contributed by atoms with van der Waals surface area (Å²) in [7, 11) is 0. The van der Waals surface area contributed by atoms with Gasteiger partial charge in [0.15, 0.2) is 0 Å². The van der Waals surface area contributed by atoms with Gasteiger partial charge in [-0.05, 0) is 25.5 Å². The minimum atomic E-state index is -1.05. The summed E-state index contributed by atoms with van der Waals surface area (Å²) < 4.78 is 0. The molecule has 0 saturated carbocycles. The summed E-state index contributed by atoms with van der Waals surface area (Å²) in [5.41, 5.74) is 1.64. The second kappa shape index (κ2) is 5.25. The Kier molecular flexibility index (Phi) is 3.99. The molecule has 0 aromatic carbocycles.